The summed E-state index contributed by atoms with van der Waals surface area (Å²) in [5, 5.41) is 0. The highest BCUT2D eigenvalue weighted by Crippen LogP contribution is 2.10. The van der Waals surface area contributed by atoms with Crippen LogP contribution in [0.3, 0.4) is 0 Å². The van der Waals surface area contributed by atoms with Gasteiger partial charge in [-0.3, -0.25) is 0 Å². The SMILES string of the molecule is CCCCCCCCCCc1ccccc1.N. The Morgan fingerprint density at radius 3 is 1.82 bits per heavy atom. The lowest BCUT2D eigenvalue weighted by Gasteiger charge is -2.02. The summed E-state index contributed by atoms with van der Waals surface area (Å²) >= 11 is 0. The second-order valence-electron chi connectivity index (χ2n) is 4.71. The number of hydrogen-bond donors (Lipinski definition) is 1. The lowest BCUT2D eigenvalue weighted by atomic mass is 10.0. The van der Waals surface area contributed by atoms with E-state index in [4.69, 9.17) is 0 Å². The van der Waals surface area contributed by atoms with Crippen molar-refractivity contribution in [2.45, 2.75) is 64.7 Å². The summed E-state index contributed by atoms with van der Waals surface area (Å²) in [4.78, 5) is 0. The van der Waals surface area contributed by atoms with Crippen molar-refractivity contribution in [3.8, 4) is 0 Å². The third kappa shape index (κ3) is 8.93. The summed E-state index contributed by atoms with van der Waals surface area (Å²) in [6.45, 7) is 2.28. The highest BCUT2D eigenvalue weighted by Gasteiger charge is 1.93. The Balaban J connectivity index is 0.00000256. The molecule has 3 N–H and O–H groups in total. The van der Waals surface area contributed by atoms with Crippen LogP contribution in [-0.4, -0.2) is 0 Å². The fraction of sp³-hybridized carbons (Fsp3) is 0.625. The zero-order chi connectivity index (χ0) is 11.5. The topological polar surface area (TPSA) is 35.0 Å². The molecule has 0 saturated heterocycles. The second-order valence-corrected chi connectivity index (χ2v) is 4.71. The highest BCUT2D eigenvalue weighted by atomic mass is 14.0. The highest BCUT2D eigenvalue weighted by molar-refractivity contribution is 5.14. The maximum absolute atomic E-state index is 2.28. The normalized spacial score (nSPS) is 9.94. The largest absolute Gasteiger partial charge is 0.344 e. The van der Waals surface area contributed by atoms with Crippen molar-refractivity contribution in [2.24, 2.45) is 0 Å². The standard InChI is InChI=1S/C16H26.H3N/c1-2-3-4-5-6-7-8-10-13-16-14-11-9-12-15-16;/h9,11-12,14-15H,2-8,10,13H2,1H3;1H3. The van der Waals surface area contributed by atoms with Crippen molar-refractivity contribution in [3.05, 3.63) is 35.9 Å². The average molecular weight is 235 g/mol. The Morgan fingerprint density at radius 1 is 0.706 bits per heavy atom. The van der Waals surface area contributed by atoms with Crippen molar-refractivity contribution in [2.75, 3.05) is 0 Å². The first-order valence-electron chi connectivity index (χ1n) is 6.97. The molecule has 0 spiro atoms. The Hall–Kier alpha value is -0.820. The third-order valence-electron chi connectivity index (χ3n) is 3.16. The van der Waals surface area contributed by atoms with Gasteiger partial charge in [-0.1, -0.05) is 82.2 Å². The summed E-state index contributed by atoms with van der Waals surface area (Å²) < 4.78 is 0. The predicted octanol–water partition coefficient (Wildman–Crippen LogP) is 5.53. The van der Waals surface area contributed by atoms with Crippen LogP contribution >= 0.6 is 0 Å². The van der Waals surface area contributed by atoms with Crippen molar-refractivity contribution >= 4 is 0 Å². The molecule has 0 aliphatic carbocycles. The van der Waals surface area contributed by atoms with Gasteiger partial charge in [-0.25, -0.2) is 0 Å². The van der Waals surface area contributed by atoms with E-state index in [1.165, 1.54) is 63.4 Å². The summed E-state index contributed by atoms with van der Waals surface area (Å²) in [5.41, 5.74) is 1.49. The van der Waals surface area contributed by atoms with Gasteiger partial charge in [0.05, 0.1) is 0 Å². The van der Waals surface area contributed by atoms with Crippen LogP contribution in [-0.2, 0) is 6.42 Å². The number of rotatable bonds is 9. The van der Waals surface area contributed by atoms with Crippen molar-refractivity contribution in [3.63, 3.8) is 0 Å². The van der Waals surface area contributed by atoms with Crippen molar-refractivity contribution in [1.29, 1.82) is 0 Å². The van der Waals surface area contributed by atoms with Gasteiger partial charge in [-0.15, -0.1) is 0 Å². The Kier molecular flexibility index (Phi) is 11.1. The van der Waals surface area contributed by atoms with E-state index < -0.39 is 0 Å². The van der Waals surface area contributed by atoms with Gasteiger partial charge in [-0.05, 0) is 18.4 Å². The van der Waals surface area contributed by atoms with E-state index in [1.807, 2.05) is 0 Å². The molecule has 0 radical (unpaired) electrons. The second kappa shape index (κ2) is 11.7. The smallest absolute Gasteiger partial charge is 0.0279 e. The van der Waals surface area contributed by atoms with Gasteiger partial charge in [0.1, 0.15) is 0 Å². The number of aryl methyl sites for hydroxylation is 1. The minimum absolute atomic E-state index is 0. The summed E-state index contributed by atoms with van der Waals surface area (Å²) in [6, 6.07) is 10.8. The van der Waals surface area contributed by atoms with Crippen molar-refractivity contribution < 1.29 is 0 Å². The molecule has 0 fully saturated rings. The third-order valence-corrected chi connectivity index (χ3v) is 3.16. The molecule has 0 atom stereocenters. The molecule has 0 heterocycles. The molecule has 17 heavy (non-hydrogen) atoms. The molecule has 0 aromatic heterocycles. The van der Waals surface area contributed by atoms with E-state index in [1.54, 1.807) is 0 Å². The van der Waals surface area contributed by atoms with E-state index in [9.17, 15) is 0 Å². The molecule has 0 aliphatic heterocycles. The maximum Gasteiger partial charge on any atom is -0.0279 e. The molecular formula is C16H29N. The monoisotopic (exact) mass is 235 g/mol. The molecule has 98 valence electrons. The first-order chi connectivity index (χ1) is 7.93. The van der Waals surface area contributed by atoms with Crippen LogP contribution in [0.2, 0.25) is 0 Å². The van der Waals surface area contributed by atoms with Gasteiger partial charge in [0, 0.05) is 0 Å². The van der Waals surface area contributed by atoms with E-state index in [0.29, 0.717) is 0 Å². The van der Waals surface area contributed by atoms with Gasteiger partial charge in [0.2, 0.25) is 0 Å². The van der Waals surface area contributed by atoms with Crippen LogP contribution in [0.15, 0.2) is 30.3 Å². The van der Waals surface area contributed by atoms with E-state index >= 15 is 0 Å². The van der Waals surface area contributed by atoms with Gasteiger partial charge < -0.3 is 6.15 Å². The first-order valence-corrected chi connectivity index (χ1v) is 6.97. The van der Waals surface area contributed by atoms with Gasteiger partial charge in [-0.2, -0.15) is 0 Å². The van der Waals surface area contributed by atoms with Gasteiger partial charge in [0.15, 0.2) is 0 Å². The molecule has 1 heteroatoms. The van der Waals surface area contributed by atoms with Crippen LogP contribution in [0.25, 0.3) is 0 Å². The fourth-order valence-corrected chi connectivity index (χ4v) is 2.11. The Labute approximate surface area is 107 Å². The van der Waals surface area contributed by atoms with Gasteiger partial charge >= 0.3 is 0 Å². The van der Waals surface area contributed by atoms with E-state index in [-0.39, 0.29) is 6.15 Å². The zero-order valence-corrected chi connectivity index (χ0v) is 11.5. The Bertz CT molecular complexity index is 243. The molecule has 0 aliphatic rings. The summed E-state index contributed by atoms with van der Waals surface area (Å²) in [5.74, 6) is 0. The molecule has 1 aromatic carbocycles. The summed E-state index contributed by atoms with van der Waals surface area (Å²) in [6.07, 6.45) is 12.5. The predicted molar refractivity (Wildman–Crippen MR) is 77.8 cm³/mol. The molecule has 0 bridgehead atoms. The Morgan fingerprint density at radius 2 is 1.24 bits per heavy atom. The minimum Gasteiger partial charge on any atom is -0.344 e. The fourth-order valence-electron chi connectivity index (χ4n) is 2.11. The van der Waals surface area contributed by atoms with Crippen molar-refractivity contribution in [1.82, 2.24) is 6.15 Å². The lowest BCUT2D eigenvalue weighted by molar-refractivity contribution is 0.575. The van der Waals surface area contributed by atoms with Crippen LogP contribution in [0.5, 0.6) is 0 Å². The summed E-state index contributed by atoms with van der Waals surface area (Å²) in [7, 11) is 0. The zero-order valence-electron chi connectivity index (χ0n) is 11.5. The van der Waals surface area contributed by atoms with Gasteiger partial charge in [0.25, 0.3) is 0 Å². The molecule has 1 rings (SSSR count). The molecular weight excluding hydrogens is 206 g/mol. The first kappa shape index (κ1) is 16.2. The van der Waals surface area contributed by atoms with Crippen LogP contribution in [0, 0.1) is 0 Å². The maximum atomic E-state index is 2.28. The number of benzene rings is 1. The molecule has 0 unspecified atom stereocenters. The average Bonchev–Trinajstić information content (AvgIpc) is 2.34. The molecule has 0 amide bonds. The quantitative estimate of drug-likeness (QED) is 0.561. The molecule has 0 saturated carbocycles. The lowest BCUT2D eigenvalue weighted by Crippen LogP contribution is -1.85. The molecule has 1 aromatic rings. The van der Waals surface area contributed by atoms with Crippen LogP contribution < -0.4 is 6.15 Å². The van der Waals surface area contributed by atoms with E-state index in [0.717, 1.165) is 0 Å². The molecule has 1 nitrogen and oxygen atoms in total. The number of hydrogen-bond acceptors (Lipinski definition) is 1. The van der Waals surface area contributed by atoms with Crippen LogP contribution in [0.4, 0.5) is 0 Å². The number of unbranched alkanes of at least 4 members (excludes halogenated alkanes) is 7. The van der Waals surface area contributed by atoms with Crippen LogP contribution in [0.1, 0.15) is 63.9 Å². The van der Waals surface area contributed by atoms with E-state index in [2.05, 4.69) is 37.3 Å². The minimum atomic E-state index is 0.